The first kappa shape index (κ1) is 15.6. The van der Waals surface area contributed by atoms with Crippen LogP contribution in [-0.4, -0.2) is 28.4 Å². The van der Waals surface area contributed by atoms with Crippen molar-refractivity contribution >= 4 is 23.7 Å². The zero-order valence-electron chi connectivity index (χ0n) is 11.3. The summed E-state index contributed by atoms with van der Waals surface area (Å²) in [7, 11) is 0. The highest BCUT2D eigenvalue weighted by molar-refractivity contribution is 8.00. The van der Waals surface area contributed by atoms with Gasteiger partial charge in [0.25, 0.3) is 0 Å². The average Bonchev–Trinajstić information content (AvgIpc) is 2.27. The molecule has 1 unspecified atom stereocenters. The summed E-state index contributed by atoms with van der Waals surface area (Å²) in [5.41, 5.74) is 0.117. The van der Waals surface area contributed by atoms with Gasteiger partial charge in [0.05, 0.1) is 5.75 Å². The van der Waals surface area contributed by atoms with E-state index in [1.54, 1.807) is 45.0 Å². The van der Waals surface area contributed by atoms with Gasteiger partial charge in [-0.25, -0.2) is 0 Å². The Morgan fingerprint density at radius 2 is 1.84 bits per heavy atom. The fourth-order valence-electron chi connectivity index (χ4n) is 1.46. The number of hydrogen-bond donors (Lipinski definition) is 1. The van der Waals surface area contributed by atoms with Crippen LogP contribution in [-0.2, 0) is 14.3 Å². The molecule has 0 aromatic heterocycles. The first-order valence-corrected chi connectivity index (χ1v) is 6.95. The molecule has 0 spiro atoms. The molecule has 0 saturated heterocycles. The number of carbonyl (C=O) groups is 2. The van der Waals surface area contributed by atoms with Gasteiger partial charge in [-0.2, -0.15) is 0 Å². The van der Waals surface area contributed by atoms with E-state index < -0.39 is 22.8 Å². The summed E-state index contributed by atoms with van der Waals surface area (Å²) in [6, 6.07) is 8.85. The molecule has 0 saturated carbocycles. The van der Waals surface area contributed by atoms with Crippen molar-refractivity contribution in [1.29, 1.82) is 0 Å². The Labute approximate surface area is 117 Å². The number of carbonyl (C=O) groups excluding carboxylic acids is 1. The predicted octanol–water partition coefficient (Wildman–Crippen LogP) is 2.89. The number of ether oxygens (including phenoxy) is 1. The largest absolute Gasteiger partial charge is 0.480 e. The Morgan fingerprint density at radius 1 is 1.26 bits per heavy atom. The minimum atomic E-state index is -0.959. The molecular weight excluding hydrogens is 264 g/mol. The van der Waals surface area contributed by atoms with Gasteiger partial charge in [-0.05, 0) is 26.3 Å². The molecule has 0 aliphatic carbocycles. The van der Waals surface area contributed by atoms with E-state index in [4.69, 9.17) is 4.74 Å². The normalized spacial score (nSPS) is 12.8. The van der Waals surface area contributed by atoms with Gasteiger partial charge in [0.15, 0.2) is 0 Å². The molecule has 0 heterocycles. The maximum atomic E-state index is 11.6. The second kappa shape index (κ2) is 6.61. The Hall–Kier alpha value is -1.49. The molecule has 4 nitrogen and oxygen atoms in total. The van der Waals surface area contributed by atoms with Crippen molar-refractivity contribution < 1.29 is 19.4 Å². The van der Waals surface area contributed by atoms with Crippen LogP contribution in [0.3, 0.4) is 0 Å². The number of esters is 1. The molecule has 1 atom stereocenters. The monoisotopic (exact) mass is 282 g/mol. The molecule has 0 fully saturated rings. The van der Waals surface area contributed by atoms with Gasteiger partial charge < -0.3 is 9.84 Å². The van der Waals surface area contributed by atoms with Crippen molar-refractivity contribution in [1.82, 2.24) is 0 Å². The second-order valence-electron chi connectivity index (χ2n) is 5.03. The Kier molecular flexibility index (Phi) is 5.42. The zero-order valence-corrected chi connectivity index (χ0v) is 12.1. The lowest BCUT2D eigenvalue weighted by Gasteiger charge is -2.20. The Balaban J connectivity index is 2.62. The third kappa shape index (κ3) is 5.79. The lowest BCUT2D eigenvalue weighted by atomic mass is 10.1. The van der Waals surface area contributed by atoms with Crippen LogP contribution in [0.2, 0.25) is 0 Å². The van der Waals surface area contributed by atoms with Crippen molar-refractivity contribution in [2.24, 2.45) is 0 Å². The first-order chi connectivity index (χ1) is 8.79. The van der Waals surface area contributed by atoms with Gasteiger partial charge in [0.1, 0.15) is 10.9 Å². The van der Waals surface area contributed by atoms with E-state index in [1.165, 1.54) is 0 Å². The highest BCUT2D eigenvalue weighted by Crippen LogP contribution is 2.29. The number of rotatable bonds is 5. The van der Waals surface area contributed by atoms with Crippen LogP contribution < -0.4 is 0 Å². The van der Waals surface area contributed by atoms with Crippen LogP contribution in [0.15, 0.2) is 30.3 Å². The summed E-state index contributed by atoms with van der Waals surface area (Å²) in [6.07, 6.45) is 0. The maximum absolute atomic E-state index is 11.6. The van der Waals surface area contributed by atoms with E-state index in [-0.39, 0.29) is 5.75 Å². The molecule has 1 rings (SSSR count). The van der Waals surface area contributed by atoms with Crippen LogP contribution in [0, 0.1) is 0 Å². The third-order valence-corrected chi connectivity index (χ3v) is 3.32. The van der Waals surface area contributed by atoms with E-state index in [0.29, 0.717) is 5.56 Å². The van der Waals surface area contributed by atoms with E-state index in [2.05, 4.69) is 0 Å². The van der Waals surface area contributed by atoms with Crippen LogP contribution in [0.5, 0.6) is 0 Å². The van der Waals surface area contributed by atoms with Crippen molar-refractivity contribution in [3.63, 3.8) is 0 Å². The second-order valence-corrected chi connectivity index (χ2v) is 6.12. The van der Waals surface area contributed by atoms with E-state index >= 15 is 0 Å². The molecular formula is C14H18O4S. The lowest BCUT2D eigenvalue weighted by Crippen LogP contribution is -2.25. The van der Waals surface area contributed by atoms with Crippen molar-refractivity contribution in [3.05, 3.63) is 35.9 Å². The number of carboxylic acid groups (broad SMARTS) is 1. The quantitative estimate of drug-likeness (QED) is 0.841. The molecule has 0 radical (unpaired) electrons. The SMILES string of the molecule is CC(C)(C)OC(=O)CSC(C(=O)O)c1ccccc1. The number of benzene rings is 1. The molecule has 104 valence electrons. The summed E-state index contributed by atoms with van der Waals surface area (Å²) in [5, 5.41) is 8.44. The van der Waals surface area contributed by atoms with Crippen molar-refractivity contribution in [2.75, 3.05) is 5.75 Å². The molecule has 19 heavy (non-hydrogen) atoms. The van der Waals surface area contributed by atoms with Crippen LogP contribution in [0.25, 0.3) is 0 Å². The van der Waals surface area contributed by atoms with E-state index in [0.717, 1.165) is 11.8 Å². The van der Waals surface area contributed by atoms with E-state index in [1.807, 2.05) is 6.07 Å². The minimum Gasteiger partial charge on any atom is -0.480 e. The van der Waals surface area contributed by atoms with Crippen molar-refractivity contribution in [2.45, 2.75) is 31.6 Å². The van der Waals surface area contributed by atoms with Gasteiger partial charge in [-0.3, -0.25) is 9.59 Å². The Morgan fingerprint density at radius 3 is 2.32 bits per heavy atom. The standard InChI is InChI=1S/C14H18O4S/c1-14(2,3)18-11(15)9-19-12(13(16)17)10-7-5-4-6-8-10/h4-8,12H,9H2,1-3H3,(H,16,17). The van der Waals surface area contributed by atoms with Gasteiger partial charge in [-0.1, -0.05) is 30.3 Å². The van der Waals surface area contributed by atoms with Crippen LogP contribution >= 0.6 is 11.8 Å². The maximum Gasteiger partial charge on any atom is 0.321 e. The van der Waals surface area contributed by atoms with Gasteiger partial charge in [-0.15, -0.1) is 11.8 Å². The Bertz CT molecular complexity index is 437. The highest BCUT2D eigenvalue weighted by Gasteiger charge is 2.23. The average molecular weight is 282 g/mol. The molecule has 1 aromatic rings. The zero-order chi connectivity index (χ0) is 14.5. The number of hydrogen-bond acceptors (Lipinski definition) is 4. The minimum absolute atomic E-state index is 0.0170. The predicted molar refractivity (Wildman–Crippen MR) is 75.1 cm³/mol. The molecule has 1 N–H and O–H groups in total. The van der Waals surface area contributed by atoms with E-state index in [9.17, 15) is 14.7 Å². The molecule has 0 bridgehead atoms. The van der Waals surface area contributed by atoms with Crippen LogP contribution in [0.1, 0.15) is 31.6 Å². The smallest absolute Gasteiger partial charge is 0.321 e. The van der Waals surface area contributed by atoms with Crippen molar-refractivity contribution in [3.8, 4) is 0 Å². The first-order valence-electron chi connectivity index (χ1n) is 5.91. The number of thioether (sulfide) groups is 1. The molecule has 1 aromatic carbocycles. The number of carboxylic acids is 1. The molecule has 0 aliphatic rings. The summed E-state index contributed by atoms with van der Waals surface area (Å²) >= 11 is 1.06. The van der Waals surface area contributed by atoms with Crippen LogP contribution in [0.4, 0.5) is 0 Å². The molecule has 5 heteroatoms. The fraction of sp³-hybridized carbons (Fsp3) is 0.429. The highest BCUT2D eigenvalue weighted by atomic mass is 32.2. The molecule has 0 amide bonds. The summed E-state index contributed by atoms with van der Waals surface area (Å²) in [4.78, 5) is 22.8. The lowest BCUT2D eigenvalue weighted by molar-refractivity contribution is -0.151. The molecule has 0 aliphatic heterocycles. The van der Waals surface area contributed by atoms with Gasteiger partial charge in [0, 0.05) is 0 Å². The third-order valence-electron chi connectivity index (χ3n) is 2.11. The van der Waals surface area contributed by atoms with Gasteiger partial charge in [0.2, 0.25) is 0 Å². The summed E-state index contributed by atoms with van der Waals surface area (Å²) < 4.78 is 5.15. The fourth-order valence-corrected chi connectivity index (χ4v) is 2.31. The summed E-state index contributed by atoms with van der Waals surface area (Å²) in [5.74, 6) is -1.34. The topological polar surface area (TPSA) is 63.6 Å². The summed E-state index contributed by atoms with van der Waals surface area (Å²) in [6.45, 7) is 5.34. The van der Waals surface area contributed by atoms with Gasteiger partial charge >= 0.3 is 11.9 Å². The number of aliphatic carboxylic acids is 1.